The number of aliphatic hydroxyl groups is 1. The molecule has 0 aliphatic rings. The summed E-state index contributed by atoms with van der Waals surface area (Å²) in [7, 11) is 0. The molecule has 0 heterocycles. The first kappa shape index (κ1) is 11.5. The van der Waals surface area contributed by atoms with Crippen LogP contribution in [0.4, 0.5) is 8.78 Å². The molecule has 6 heteroatoms. The van der Waals surface area contributed by atoms with E-state index in [4.69, 9.17) is 5.11 Å². The second-order valence-corrected chi connectivity index (χ2v) is 2.99. The maximum absolute atomic E-state index is 12.8. The molecule has 0 aliphatic heterocycles. The standard InChI is InChI=1S/C9H9F2NO3/c10-7-2-1-6(5-8(7)11)9(3-4-13)12(14)15/h1-2,5,9,13H,3-4H2. The molecule has 0 aliphatic carbocycles. The molecule has 0 bridgehead atoms. The predicted octanol–water partition coefficient (Wildman–Crippen LogP) is 1.66. The Labute approximate surface area is 84.3 Å². The van der Waals surface area contributed by atoms with Gasteiger partial charge in [-0.05, 0) is 18.2 Å². The lowest BCUT2D eigenvalue weighted by Gasteiger charge is -2.08. The minimum absolute atomic E-state index is 0.0490. The first-order valence-corrected chi connectivity index (χ1v) is 4.25. The van der Waals surface area contributed by atoms with Gasteiger partial charge in [-0.25, -0.2) is 8.78 Å². The molecule has 1 aromatic rings. The van der Waals surface area contributed by atoms with Gasteiger partial charge in [0.1, 0.15) is 0 Å². The van der Waals surface area contributed by atoms with E-state index < -0.39 is 22.6 Å². The van der Waals surface area contributed by atoms with Gasteiger partial charge in [0, 0.05) is 23.5 Å². The van der Waals surface area contributed by atoms with Crippen molar-refractivity contribution in [2.45, 2.75) is 12.5 Å². The molecule has 0 fully saturated rings. The van der Waals surface area contributed by atoms with E-state index >= 15 is 0 Å². The van der Waals surface area contributed by atoms with Gasteiger partial charge in [0.15, 0.2) is 11.6 Å². The summed E-state index contributed by atoms with van der Waals surface area (Å²) < 4.78 is 25.3. The van der Waals surface area contributed by atoms with Gasteiger partial charge in [0.25, 0.3) is 0 Å². The Morgan fingerprint density at radius 2 is 2.07 bits per heavy atom. The molecule has 0 aromatic heterocycles. The number of hydrogen-bond donors (Lipinski definition) is 1. The summed E-state index contributed by atoms with van der Waals surface area (Å²) in [6.45, 7) is -0.384. The van der Waals surface area contributed by atoms with Crippen LogP contribution < -0.4 is 0 Å². The first-order chi connectivity index (χ1) is 7.06. The van der Waals surface area contributed by atoms with Crippen LogP contribution in [0.2, 0.25) is 0 Å². The fourth-order valence-corrected chi connectivity index (χ4v) is 1.24. The summed E-state index contributed by atoms with van der Waals surface area (Å²) >= 11 is 0. The van der Waals surface area contributed by atoms with Crippen LogP contribution in [0.3, 0.4) is 0 Å². The second-order valence-electron chi connectivity index (χ2n) is 2.99. The Morgan fingerprint density at radius 1 is 1.40 bits per heavy atom. The van der Waals surface area contributed by atoms with E-state index in [0.29, 0.717) is 0 Å². The van der Waals surface area contributed by atoms with Gasteiger partial charge in [0.2, 0.25) is 6.04 Å². The Bertz CT molecular complexity index is 370. The van der Waals surface area contributed by atoms with Crippen molar-refractivity contribution in [1.82, 2.24) is 0 Å². The van der Waals surface area contributed by atoms with Gasteiger partial charge >= 0.3 is 0 Å². The van der Waals surface area contributed by atoms with E-state index in [1.54, 1.807) is 0 Å². The van der Waals surface area contributed by atoms with Crippen LogP contribution in [0.1, 0.15) is 18.0 Å². The van der Waals surface area contributed by atoms with E-state index in [1.807, 2.05) is 0 Å². The maximum atomic E-state index is 12.8. The highest BCUT2D eigenvalue weighted by Gasteiger charge is 2.23. The topological polar surface area (TPSA) is 63.4 Å². The Hall–Kier alpha value is -1.56. The van der Waals surface area contributed by atoms with Crippen LogP contribution in [0.5, 0.6) is 0 Å². The Morgan fingerprint density at radius 3 is 2.53 bits per heavy atom. The quantitative estimate of drug-likeness (QED) is 0.616. The Balaban J connectivity index is 3.01. The van der Waals surface area contributed by atoms with Gasteiger partial charge < -0.3 is 5.11 Å². The minimum Gasteiger partial charge on any atom is -0.396 e. The number of nitro groups is 1. The van der Waals surface area contributed by atoms with Crippen molar-refractivity contribution in [3.63, 3.8) is 0 Å². The van der Waals surface area contributed by atoms with Gasteiger partial charge in [0.05, 0.1) is 0 Å². The molecule has 0 saturated carbocycles. The Kier molecular flexibility index (Phi) is 3.68. The van der Waals surface area contributed by atoms with Crippen LogP contribution in [0.15, 0.2) is 18.2 Å². The molecule has 1 N–H and O–H groups in total. The van der Waals surface area contributed by atoms with Crippen molar-refractivity contribution in [3.05, 3.63) is 45.5 Å². The number of nitrogens with zero attached hydrogens (tertiary/aromatic N) is 1. The zero-order valence-electron chi connectivity index (χ0n) is 7.69. The van der Waals surface area contributed by atoms with Crippen molar-refractivity contribution in [2.75, 3.05) is 6.61 Å². The van der Waals surface area contributed by atoms with E-state index in [0.717, 1.165) is 18.2 Å². The summed E-state index contributed by atoms with van der Waals surface area (Å²) in [4.78, 5) is 9.93. The average Bonchev–Trinajstić information content (AvgIpc) is 2.18. The van der Waals surface area contributed by atoms with Crippen LogP contribution in [0.25, 0.3) is 0 Å². The highest BCUT2D eigenvalue weighted by Crippen LogP contribution is 2.21. The van der Waals surface area contributed by atoms with E-state index in [2.05, 4.69) is 0 Å². The van der Waals surface area contributed by atoms with Crippen molar-refractivity contribution in [1.29, 1.82) is 0 Å². The van der Waals surface area contributed by atoms with Crippen molar-refractivity contribution in [3.8, 4) is 0 Å². The van der Waals surface area contributed by atoms with Crippen LogP contribution in [-0.2, 0) is 0 Å². The summed E-state index contributed by atoms with van der Waals surface area (Å²) in [6, 6.07) is 1.54. The summed E-state index contributed by atoms with van der Waals surface area (Å²) in [5.41, 5.74) is 0.0490. The number of hydrogen-bond acceptors (Lipinski definition) is 3. The zero-order valence-corrected chi connectivity index (χ0v) is 7.69. The minimum atomic E-state index is -1.20. The molecule has 1 rings (SSSR count). The lowest BCUT2D eigenvalue weighted by atomic mass is 10.0. The monoisotopic (exact) mass is 217 g/mol. The molecule has 0 amide bonds. The second kappa shape index (κ2) is 4.79. The molecule has 15 heavy (non-hydrogen) atoms. The molecule has 0 saturated heterocycles. The van der Waals surface area contributed by atoms with Gasteiger partial charge in [-0.15, -0.1) is 0 Å². The third kappa shape index (κ3) is 2.69. The van der Waals surface area contributed by atoms with Gasteiger partial charge in [-0.1, -0.05) is 0 Å². The smallest absolute Gasteiger partial charge is 0.240 e. The van der Waals surface area contributed by atoms with Crippen LogP contribution >= 0.6 is 0 Å². The van der Waals surface area contributed by atoms with E-state index in [1.165, 1.54) is 0 Å². The molecular formula is C9H9F2NO3. The molecule has 1 aromatic carbocycles. The van der Waals surface area contributed by atoms with Crippen LogP contribution in [0, 0.1) is 21.7 Å². The number of aliphatic hydroxyl groups excluding tert-OH is 1. The summed E-state index contributed by atoms with van der Waals surface area (Å²) in [6.07, 6.45) is -0.127. The van der Waals surface area contributed by atoms with E-state index in [-0.39, 0.29) is 18.6 Å². The fourth-order valence-electron chi connectivity index (χ4n) is 1.24. The molecule has 1 unspecified atom stereocenters. The SMILES string of the molecule is O=[N+]([O-])C(CCO)c1ccc(F)c(F)c1. The van der Waals surface area contributed by atoms with Crippen LogP contribution in [-0.4, -0.2) is 16.6 Å². The van der Waals surface area contributed by atoms with Gasteiger partial charge in [-0.2, -0.15) is 0 Å². The van der Waals surface area contributed by atoms with E-state index in [9.17, 15) is 18.9 Å². The summed E-state index contributed by atoms with van der Waals surface area (Å²) in [5, 5.41) is 19.2. The number of benzene rings is 1. The molecular weight excluding hydrogens is 208 g/mol. The lowest BCUT2D eigenvalue weighted by molar-refractivity contribution is -0.530. The average molecular weight is 217 g/mol. The van der Waals surface area contributed by atoms with Crippen molar-refractivity contribution < 1.29 is 18.8 Å². The zero-order chi connectivity index (χ0) is 11.4. The van der Waals surface area contributed by atoms with Crippen molar-refractivity contribution >= 4 is 0 Å². The highest BCUT2D eigenvalue weighted by atomic mass is 19.2. The fraction of sp³-hybridized carbons (Fsp3) is 0.333. The molecule has 82 valence electrons. The summed E-state index contributed by atoms with van der Waals surface area (Å²) in [5.74, 6) is -2.18. The third-order valence-electron chi connectivity index (χ3n) is 1.99. The normalized spacial score (nSPS) is 12.5. The first-order valence-electron chi connectivity index (χ1n) is 4.25. The molecule has 4 nitrogen and oxygen atoms in total. The molecule has 0 spiro atoms. The highest BCUT2D eigenvalue weighted by molar-refractivity contribution is 5.20. The lowest BCUT2D eigenvalue weighted by Crippen LogP contribution is -2.12. The van der Waals surface area contributed by atoms with Gasteiger partial charge in [-0.3, -0.25) is 10.1 Å². The maximum Gasteiger partial charge on any atom is 0.240 e. The largest absolute Gasteiger partial charge is 0.396 e. The number of halogens is 2. The van der Waals surface area contributed by atoms with Crippen molar-refractivity contribution in [2.24, 2.45) is 0 Å². The molecule has 1 atom stereocenters. The number of rotatable bonds is 4. The predicted molar refractivity (Wildman–Crippen MR) is 47.8 cm³/mol. The molecule has 0 radical (unpaired) electrons. The third-order valence-corrected chi connectivity index (χ3v) is 1.99.